The quantitative estimate of drug-likeness (QED) is 0.803. The zero-order chi connectivity index (χ0) is 12.5. The van der Waals surface area contributed by atoms with Crippen molar-refractivity contribution >= 4 is 21.4 Å². The van der Waals surface area contributed by atoms with Crippen LogP contribution in [0.4, 0.5) is 5.69 Å². The van der Waals surface area contributed by atoms with Crippen LogP contribution in [0, 0.1) is 0 Å². The zero-order valence-electron chi connectivity index (χ0n) is 9.49. The number of amides is 1. The van der Waals surface area contributed by atoms with Crippen LogP contribution in [-0.2, 0) is 21.1 Å². The van der Waals surface area contributed by atoms with Crippen LogP contribution in [-0.4, -0.2) is 33.7 Å². The molecule has 6 heteroatoms. The van der Waals surface area contributed by atoms with E-state index in [-0.39, 0.29) is 23.0 Å². The lowest BCUT2D eigenvalue weighted by Gasteiger charge is -2.05. The first-order valence-corrected chi connectivity index (χ1v) is 6.98. The summed E-state index contributed by atoms with van der Waals surface area (Å²) >= 11 is 0. The van der Waals surface area contributed by atoms with Gasteiger partial charge in [0.05, 0.1) is 17.1 Å². The molecule has 0 atom stereocenters. The van der Waals surface area contributed by atoms with E-state index in [9.17, 15) is 13.2 Å². The molecule has 1 amide bonds. The van der Waals surface area contributed by atoms with Crippen LogP contribution in [0.5, 0.6) is 0 Å². The minimum Gasteiger partial charge on any atom is -0.326 e. The molecule has 0 spiro atoms. The molecule has 2 N–H and O–H groups in total. The van der Waals surface area contributed by atoms with Gasteiger partial charge in [0, 0.05) is 12.2 Å². The number of hydrogen-bond donors (Lipinski definition) is 2. The molecular weight excluding hydrogens is 240 g/mol. The Labute approximate surface area is 100 Å². The van der Waals surface area contributed by atoms with Gasteiger partial charge in [-0.3, -0.25) is 4.79 Å². The van der Waals surface area contributed by atoms with Crippen molar-refractivity contribution in [2.75, 3.05) is 24.7 Å². The van der Waals surface area contributed by atoms with Crippen molar-refractivity contribution in [3.63, 3.8) is 0 Å². The maximum atomic E-state index is 11.9. The molecule has 0 unspecified atom stereocenters. The second-order valence-corrected chi connectivity index (χ2v) is 6.08. The van der Waals surface area contributed by atoms with Crippen LogP contribution < -0.4 is 10.6 Å². The van der Waals surface area contributed by atoms with Crippen molar-refractivity contribution in [3.8, 4) is 0 Å². The Morgan fingerprint density at radius 1 is 1.41 bits per heavy atom. The smallest absolute Gasteiger partial charge is 0.228 e. The highest BCUT2D eigenvalue weighted by atomic mass is 32.2. The average Bonchev–Trinajstić information content (AvgIpc) is 2.65. The second-order valence-electron chi connectivity index (χ2n) is 3.97. The van der Waals surface area contributed by atoms with Gasteiger partial charge < -0.3 is 10.6 Å². The van der Waals surface area contributed by atoms with Gasteiger partial charge in [-0.2, -0.15) is 0 Å². The molecule has 1 aliphatic heterocycles. The lowest BCUT2D eigenvalue weighted by atomic mass is 10.2. The van der Waals surface area contributed by atoms with E-state index in [1.807, 2.05) is 0 Å². The standard InChI is InChI=1S/C11H14N2O3S/c1-12-4-5-17(15,16)9-2-3-10-8(6-9)7-11(14)13-10/h2-3,6,12H,4-5,7H2,1H3,(H,13,14). The number of hydrogen-bond acceptors (Lipinski definition) is 4. The maximum Gasteiger partial charge on any atom is 0.228 e. The SMILES string of the molecule is CNCCS(=O)(=O)c1ccc2c(c1)CC(=O)N2. The minimum absolute atomic E-state index is 0.0592. The molecule has 0 saturated heterocycles. The van der Waals surface area contributed by atoms with Gasteiger partial charge in [-0.25, -0.2) is 8.42 Å². The van der Waals surface area contributed by atoms with Crippen LogP contribution in [0.1, 0.15) is 5.56 Å². The van der Waals surface area contributed by atoms with Gasteiger partial charge in [0.1, 0.15) is 0 Å². The summed E-state index contributed by atoms with van der Waals surface area (Å²) in [5, 5.41) is 5.48. The van der Waals surface area contributed by atoms with E-state index in [1.165, 1.54) is 6.07 Å². The molecule has 0 radical (unpaired) electrons. The summed E-state index contributed by atoms with van der Waals surface area (Å²) in [5.74, 6) is -0.0336. The summed E-state index contributed by atoms with van der Waals surface area (Å²) in [6.45, 7) is 0.413. The number of rotatable bonds is 4. The van der Waals surface area contributed by atoms with Gasteiger partial charge in [0.2, 0.25) is 5.91 Å². The lowest BCUT2D eigenvalue weighted by molar-refractivity contribution is -0.115. The molecule has 0 aliphatic carbocycles. The van der Waals surface area contributed by atoms with Crippen LogP contribution in [0.15, 0.2) is 23.1 Å². The molecule has 1 heterocycles. The van der Waals surface area contributed by atoms with E-state index >= 15 is 0 Å². The molecule has 0 saturated carbocycles. The van der Waals surface area contributed by atoms with Crippen molar-refractivity contribution in [3.05, 3.63) is 23.8 Å². The fourth-order valence-electron chi connectivity index (χ4n) is 1.75. The zero-order valence-corrected chi connectivity index (χ0v) is 10.3. The van der Waals surface area contributed by atoms with Crippen LogP contribution >= 0.6 is 0 Å². The fourth-order valence-corrected chi connectivity index (χ4v) is 3.06. The van der Waals surface area contributed by atoms with E-state index in [0.29, 0.717) is 12.2 Å². The van der Waals surface area contributed by atoms with E-state index in [1.54, 1.807) is 19.2 Å². The van der Waals surface area contributed by atoms with Gasteiger partial charge in [0.25, 0.3) is 0 Å². The van der Waals surface area contributed by atoms with E-state index in [4.69, 9.17) is 0 Å². The molecule has 0 fully saturated rings. The molecule has 0 aromatic heterocycles. The summed E-state index contributed by atoms with van der Waals surface area (Å²) < 4.78 is 23.9. The average molecular weight is 254 g/mol. The number of benzene rings is 1. The van der Waals surface area contributed by atoms with Gasteiger partial charge in [-0.1, -0.05) is 0 Å². The minimum atomic E-state index is -3.26. The van der Waals surface area contributed by atoms with Crippen molar-refractivity contribution in [1.29, 1.82) is 0 Å². The first-order valence-electron chi connectivity index (χ1n) is 5.33. The third-order valence-corrected chi connectivity index (χ3v) is 4.40. The molecule has 92 valence electrons. The van der Waals surface area contributed by atoms with Gasteiger partial charge >= 0.3 is 0 Å². The van der Waals surface area contributed by atoms with Crippen molar-refractivity contribution < 1.29 is 13.2 Å². The Bertz CT molecular complexity index is 552. The topological polar surface area (TPSA) is 75.3 Å². The third-order valence-electron chi connectivity index (χ3n) is 2.68. The molecule has 0 bridgehead atoms. The highest BCUT2D eigenvalue weighted by molar-refractivity contribution is 7.91. The number of anilines is 1. The Kier molecular flexibility index (Phi) is 3.17. The number of nitrogens with one attached hydrogen (secondary N) is 2. The maximum absolute atomic E-state index is 11.9. The Balaban J connectivity index is 2.30. The van der Waals surface area contributed by atoms with E-state index in [0.717, 1.165) is 5.56 Å². The fraction of sp³-hybridized carbons (Fsp3) is 0.364. The highest BCUT2D eigenvalue weighted by Crippen LogP contribution is 2.26. The molecular formula is C11H14N2O3S. The summed E-state index contributed by atoms with van der Waals surface area (Å²) in [6, 6.07) is 4.76. The molecule has 17 heavy (non-hydrogen) atoms. The molecule has 1 aromatic carbocycles. The first kappa shape index (κ1) is 12.1. The predicted octanol–water partition coefficient (Wildman–Crippen LogP) is 0.174. The lowest BCUT2D eigenvalue weighted by Crippen LogP contribution is -2.19. The molecule has 1 aliphatic rings. The number of carbonyl (C=O) groups excluding carboxylic acids is 1. The summed E-state index contributed by atoms with van der Waals surface area (Å²) in [4.78, 5) is 11.4. The Hall–Kier alpha value is -1.40. The molecule has 1 aromatic rings. The van der Waals surface area contributed by atoms with E-state index < -0.39 is 9.84 Å². The van der Waals surface area contributed by atoms with Gasteiger partial charge in [-0.15, -0.1) is 0 Å². The highest BCUT2D eigenvalue weighted by Gasteiger charge is 2.21. The normalized spacial score (nSPS) is 14.5. The monoisotopic (exact) mass is 254 g/mol. The van der Waals surface area contributed by atoms with Crippen LogP contribution in [0.2, 0.25) is 0 Å². The van der Waals surface area contributed by atoms with Crippen molar-refractivity contribution in [2.24, 2.45) is 0 Å². The summed E-state index contributed by atoms with van der Waals surface area (Å²) in [7, 11) is -1.55. The number of fused-ring (bicyclic) bond motifs is 1. The number of sulfone groups is 1. The van der Waals surface area contributed by atoms with Crippen LogP contribution in [0.25, 0.3) is 0 Å². The van der Waals surface area contributed by atoms with Crippen LogP contribution in [0.3, 0.4) is 0 Å². The first-order chi connectivity index (χ1) is 8.03. The Morgan fingerprint density at radius 3 is 2.88 bits per heavy atom. The predicted molar refractivity (Wildman–Crippen MR) is 64.8 cm³/mol. The summed E-state index contributed by atoms with van der Waals surface area (Å²) in [5.41, 5.74) is 1.46. The Morgan fingerprint density at radius 2 is 2.18 bits per heavy atom. The van der Waals surface area contributed by atoms with Crippen molar-refractivity contribution in [2.45, 2.75) is 11.3 Å². The largest absolute Gasteiger partial charge is 0.326 e. The van der Waals surface area contributed by atoms with Gasteiger partial charge in [-0.05, 0) is 30.8 Å². The van der Waals surface area contributed by atoms with Crippen molar-refractivity contribution in [1.82, 2.24) is 5.32 Å². The summed E-state index contributed by atoms with van der Waals surface area (Å²) in [6.07, 6.45) is 0.255. The second kappa shape index (κ2) is 4.46. The molecule has 2 rings (SSSR count). The van der Waals surface area contributed by atoms with Gasteiger partial charge in [0.15, 0.2) is 9.84 Å². The third kappa shape index (κ3) is 2.48. The number of carbonyl (C=O) groups is 1. The van der Waals surface area contributed by atoms with E-state index in [2.05, 4.69) is 10.6 Å². The molecule has 5 nitrogen and oxygen atoms in total.